The summed E-state index contributed by atoms with van der Waals surface area (Å²) in [5.74, 6) is 0.846. The summed E-state index contributed by atoms with van der Waals surface area (Å²) in [6.07, 6.45) is 1.65. The second kappa shape index (κ2) is 9.06. The second-order valence-electron chi connectivity index (χ2n) is 6.08. The van der Waals surface area contributed by atoms with Crippen LogP contribution in [0.4, 0.5) is 5.69 Å². The van der Waals surface area contributed by atoms with E-state index in [1.165, 1.54) is 0 Å². The summed E-state index contributed by atoms with van der Waals surface area (Å²) >= 11 is 19.1. The molecule has 0 bridgehead atoms. The monoisotopic (exact) mass is 522 g/mol. The van der Waals surface area contributed by atoms with Gasteiger partial charge in [-0.2, -0.15) is 0 Å². The quantitative estimate of drug-likeness (QED) is 0.212. The average Bonchev–Trinajstić information content (AvgIpc) is 3.10. The molecule has 0 unspecified atom stereocenters. The van der Waals surface area contributed by atoms with Crippen LogP contribution in [0.15, 0.2) is 68.4 Å². The van der Waals surface area contributed by atoms with Gasteiger partial charge in [-0.05, 0) is 54.1 Å². The predicted octanol–water partition coefficient (Wildman–Crippen LogP) is 8.11. The molecule has 0 saturated heterocycles. The van der Waals surface area contributed by atoms with E-state index in [9.17, 15) is 5.11 Å². The average molecular weight is 524 g/mol. The van der Waals surface area contributed by atoms with Crippen LogP contribution in [0.5, 0.6) is 5.75 Å². The molecule has 3 nitrogen and oxygen atoms in total. The van der Waals surface area contributed by atoms with Crippen LogP contribution in [0.25, 0.3) is 10.2 Å². The van der Waals surface area contributed by atoms with Gasteiger partial charge in [0.25, 0.3) is 0 Å². The van der Waals surface area contributed by atoms with E-state index < -0.39 is 0 Å². The summed E-state index contributed by atoms with van der Waals surface area (Å²) in [7, 11) is 0. The molecule has 4 rings (SSSR count). The van der Waals surface area contributed by atoms with Gasteiger partial charge in [0.1, 0.15) is 5.75 Å². The van der Waals surface area contributed by atoms with Gasteiger partial charge >= 0.3 is 0 Å². The fraction of sp³-hybridized carbons (Fsp3) is 0.0476. The Hall–Kier alpha value is -1.57. The Morgan fingerprint density at radius 2 is 1.90 bits per heavy atom. The standard InChI is InChI=1S/C21H13BrCl2N2OS2/c22-13-4-7-19(27)12(8-13)10-25-14-5-6-18-20(9-14)29-21(26-18)28-11-15-16(23)2-1-3-17(15)24/h1-10,27H,11H2. The topological polar surface area (TPSA) is 45.5 Å². The van der Waals surface area contributed by atoms with Crippen LogP contribution < -0.4 is 0 Å². The molecule has 146 valence electrons. The molecule has 29 heavy (non-hydrogen) atoms. The smallest absolute Gasteiger partial charge is 0.151 e. The third-order valence-corrected chi connectivity index (χ3v) is 7.49. The van der Waals surface area contributed by atoms with Crippen molar-refractivity contribution in [1.82, 2.24) is 4.98 Å². The first-order valence-electron chi connectivity index (χ1n) is 8.48. The van der Waals surface area contributed by atoms with Crippen LogP contribution in [0, 0.1) is 0 Å². The maximum atomic E-state index is 9.94. The molecule has 0 aliphatic carbocycles. The zero-order valence-electron chi connectivity index (χ0n) is 14.8. The van der Waals surface area contributed by atoms with Crippen molar-refractivity contribution < 1.29 is 5.11 Å². The zero-order chi connectivity index (χ0) is 20.4. The molecule has 0 amide bonds. The molecule has 0 spiro atoms. The molecule has 0 saturated carbocycles. The number of aliphatic imine (C=N–C) groups is 1. The third-order valence-electron chi connectivity index (χ3n) is 4.10. The summed E-state index contributed by atoms with van der Waals surface area (Å²) in [4.78, 5) is 9.16. The van der Waals surface area contributed by atoms with Crippen LogP contribution in [0.1, 0.15) is 11.1 Å². The minimum atomic E-state index is 0.188. The van der Waals surface area contributed by atoms with E-state index >= 15 is 0 Å². The fourth-order valence-corrected chi connectivity index (χ4v) is 5.83. The van der Waals surface area contributed by atoms with E-state index in [-0.39, 0.29) is 5.75 Å². The SMILES string of the molecule is Oc1ccc(Br)cc1C=Nc1ccc2nc(SCc3c(Cl)cccc3Cl)sc2c1. The summed E-state index contributed by atoms with van der Waals surface area (Å²) in [5, 5.41) is 11.3. The number of thioether (sulfide) groups is 1. The van der Waals surface area contributed by atoms with E-state index in [0.717, 1.165) is 30.3 Å². The molecule has 0 radical (unpaired) electrons. The Morgan fingerprint density at radius 3 is 2.69 bits per heavy atom. The van der Waals surface area contributed by atoms with E-state index in [4.69, 9.17) is 23.2 Å². The lowest BCUT2D eigenvalue weighted by atomic mass is 10.2. The molecule has 0 aliphatic heterocycles. The highest BCUT2D eigenvalue weighted by molar-refractivity contribution is 9.10. The predicted molar refractivity (Wildman–Crippen MR) is 129 cm³/mol. The van der Waals surface area contributed by atoms with Gasteiger partial charge in [0, 0.05) is 32.0 Å². The number of aromatic nitrogens is 1. The van der Waals surface area contributed by atoms with Crippen molar-refractivity contribution in [1.29, 1.82) is 0 Å². The molecule has 4 aromatic rings. The summed E-state index contributed by atoms with van der Waals surface area (Å²) < 4.78 is 2.88. The molecule has 1 aromatic heterocycles. The van der Waals surface area contributed by atoms with Gasteiger partial charge < -0.3 is 5.11 Å². The lowest BCUT2D eigenvalue weighted by molar-refractivity contribution is 0.474. The molecule has 1 N–H and O–H groups in total. The van der Waals surface area contributed by atoms with Gasteiger partial charge in [-0.15, -0.1) is 11.3 Å². The Kier molecular flexibility index (Phi) is 6.47. The first-order valence-corrected chi connectivity index (χ1v) is 11.8. The van der Waals surface area contributed by atoms with Crippen molar-refractivity contribution in [2.24, 2.45) is 4.99 Å². The molecule has 3 aromatic carbocycles. The number of phenolic OH excluding ortho intramolecular Hbond substituents is 1. The number of phenols is 1. The molecule has 1 heterocycles. The molecule has 0 fully saturated rings. The highest BCUT2D eigenvalue weighted by Gasteiger charge is 2.10. The number of hydrogen-bond acceptors (Lipinski definition) is 5. The minimum absolute atomic E-state index is 0.188. The molecular formula is C21H13BrCl2N2OS2. The summed E-state index contributed by atoms with van der Waals surface area (Å²) in [5.41, 5.74) is 3.29. The van der Waals surface area contributed by atoms with E-state index in [0.29, 0.717) is 21.4 Å². The number of fused-ring (bicyclic) bond motifs is 1. The van der Waals surface area contributed by atoms with E-state index in [1.54, 1.807) is 41.4 Å². The van der Waals surface area contributed by atoms with Crippen molar-refractivity contribution >= 4 is 84.3 Å². The Labute approximate surface area is 194 Å². The Bertz CT molecular complexity index is 1210. The van der Waals surface area contributed by atoms with E-state index in [2.05, 4.69) is 25.9 Å². The van der Waals surface area contributed by atoms with Crippen molar-refractivity contribution in [2.75, 3.05) is 0 Å². The highest BCUT2D eigenvalue weighted by Crippen LogP contribution is 2.36. The Balaban J connectivity index is 1.53. The lowest BCUT2D eigenvalue weighted by Gasteiger charge is -2.04. The van der Waals surface area contributed by atoms with Gasteiger partial charge in [-0.25, -0.2) is 4.98 Å². The molecule has 8 heteroatoms. The maximum absolute atomic E-state index is 9.94. The maximum Gasteiger partial charge on any atom is 0.151 e. The number of rotatable bonds is 5. The molecule has 0 atom stereocenters. The summed E-state index contributed by atoms with van der Waals surface area (Å²) in [6, 6.07) is 16.6. The first kappa shape index (κ1) is 20.7. The van der Waals surface area contributed by atoms with Crippen molar-refractivity contribution in [3.05, 3.63) is 80.2 Å². The van der Waals surface area contributed by atoms with Crippen LogP contribution in [-0.2, 0) is 5.75 Å². The zero-order valence-corrected chi connectivity index (χ0v) is 19.5. The highest BCUT2D eigenvalue weighted by atomic mass is 79.9. The largest absolute Gasteiger partial charge is 0.507 e. The normalized spacial score (nSPS) is 11.6. The van der Waals surface area contributed by atoms with Crippen LogP contribution in [0.2, 0.25) is 10.0 Å². The third kappa shape index (κ3) is 4.95. The van der Waals surface area contributed by atoms with Crippen LogP contribution in [0.3, 0.4) is 0 Å². The van der Waals surface area contributed by atoms with Crippen LogP contribution >= 0.6 is 62.2 Å². The van der Waals surface area contributed by atoms with Gasteiger partial charge in [0.2, 0.25) is 0 Å². The number of nitrogens with zero attached hydrogens (tertiary/aromatic N) is 2. The van der Waals surface area contributed by atoms with Crippen molar-refractivity contribution in [2.45, 2.75) is 10.1 Å². The number of benzene rings is 3. The lowest BCUT2D eigenvalue weighted by Crippen LogP contribution is -1.84. The van der Waals surface area contributed by atoms with Crippen molar-refractivity contribution in [3.63, 3.8) is 0 Å². The summed E-state index contributed by atoms with van der Waals surface area (Å²) in [6.45, 7) is 0. The van der Waals surface area contributed by atoms with Gasteiger partial charge in [0.15, 0.2) is 4.34 Å². The van der Waals surface area contributed by atoms with Crippen LogP contribution in [-0.4, -0.2) is 16.3 Å². The Morgan fingerprint density at radius 1 is 1.10 bits per heavy atom. The molecular weight excluding hydrogens is 511 g/mol. The number of hydrogen-bond donors (Lipinski definition) is 1. The van der Waals surface area contributed by atoms with Crippen molar-refractivity contribution in [3.8, 4) is 5.75 Å². The first-order chi connectivity index (χ1) is 14.0. The number of aromatic hydroxyl groups is 1. The number of thiazole rings is 1. The van der Waals surface area contributed by atoms with Gasteiger partial charge in [-0.1, -0.05) is 57.0 Å². The molecule has 0 aliphatic rings. The van der Waals surface area contributed by atoms with Gasteiger partial charge in [-0.3, -0.25) is 4.99 Å². The fourth-order valence-electron chi connectivity index (χ4n) is 2.61. The van der Waals surface area contributed by atoms with Gasteiger partial charge in [0.05, 0.1) is 15.9 Å². The second-order valence-corrected chi connectivity index (χ2v) is 10.1. The minimum Gasteiger partial charge on any atom is -0.507 e. The van der Waals surface area contributed by atoms with E-state index in [1.807, 2.05) is 42.5 Å². The number of halogens is 3.